The summed E-state index contributed by atoms with van der Waals surface area (Å²) in [6.07, 6.45) is 15.0. The topological polar surface area (TPSA) is 66.0 Å². The van der Waals surface area contributed by atoms with Crippen LogP contribution in [0.5, 0.6) is 11.5 Å². The highest BCUT2D eigenvalue weighted by molar-refractivity contribution is 5.51. The van der Waals surface area contributed by atoms with Gasteiger partial charge in [0.2, 0.25) is 0 Å². The summed E-state index contributed by atoms with van der Waals surface area (Å²) in [6, 6.07) is 9.29. The van der Waals surface area contributed by atoms with Gasteiger partial charge >= 0.3 is 0 Å². The fraction of sp³-hybridized carbons (Fsp3) is 0.576. The molecule has 0 amide bonds. The third kappa shape index (κ3) is 3.92. The van der Waals surface area contributed by atoms with E-state index in [2.05, 4.69) is 65.8 Å². The van der Waals surface area contributed by atoms with Crippen molar-refractivity contribution < 1.29 is 9.47 Å². The van der Waals surface area contributed by atoms with Gasteiger partial charge in [0.1, 0.15) is 11.5 Å². The smallest absolute Gasteiger partial charge is 0.292 e. The first-order valence-electron chi connectivity index (χ1n) is 13.9. The average molecular weight is 497 g/mol. The SMILES string of the molecule is CCCC12CC3(CC)CC(c4cc(C)c(OC#N)c(C)c4)(C1)CC(c1cc(C)c(OC#N)c(C)c1)(C3)C2. The summed E-state index contributed by atoms with van der Waals surface area (Å²) in [5.74, 6) is 1.41. The molecule has 37 heavy (non-hydrogen) atoms. The number of nitriles is 2. The highest BCUT2D eigenvalue weighted by Crippen LogP contribution is 2.76. The molecule has 2 aromatic rings. The van der Waals surface area contributed by atoms with Crippen molar-refractivity contribution in [1.29, 1.82) is 10.5 Å². The van der Waals surface area contributed by atoms with Gasteiger partial charge in [-0.2, -0.15) is 0 Å². The van der Waals surface area contributed by atoms with Gasteiger partial charge in [-0.15, -0.1) is 10.5 Å². The van der Waals surface area contributed by atoms with E-state index in [0.717, 1.165) is 28.7 Å². The molecular weight excluding hydrogens is 456 g/mol. The van der Waals surface area contributed by atoms with Crippen LogP contribution in [0.4, 0.5) is 0 Å². The zero-order valence-corrected chi connectivity index (χ0v) is 23.4. The van der Waals surface area contributed by atoms with Gasteiger partial charge < -0.3 is 9.47 Å². The molecule has 2 aromatic carbocycles. The number of hydrogen-bond acceptors (Lipinski definition) is 4. The van der Waals surface area contributed by atoms with Crippen molar-refractivity contribution in [2.45, 2.75) is 110 Å². The molecular formula is C33H40N2O2. The van der Waals surface area contributed by atoms with E-state index in [1.54, 1.807) is 0 Å². The van der Waals surface area contributed by atoms with Crippen LogP contribution in [0.3, 0.4) is 0 Å². The molecule has 4 heteroatoms. The van der Waals surface area contributed by atoms with Crippen LogP contribution in [0.1, 0.15) is 105 Å². The monoisotopic (exact) mass is 496 g/mol. The molecule has 4 aliphatic rings. The van der Waals surface area contributed by atoms with Crippen molar-refractivity contribution in [3.05, 3.63) is 57.6 Å². The number of hydrogen-bond donors (Lipinski definition) is 0. The molecule has 4 bridgehead atoms. The van der Waals surface area contributed by atoms with E-state index in [0.29, 0.717) is 22.3 Å². The van der Waals surface area contributed by atoms with Crippen molar-refractivity contribution in [2.24, 2.45) is 10.8 Å². The van der Waals surface area contributed by atoms with E-state index in [-0.39, 0.29) is 10.8 Å². The van der Waals surface area contributed by atoms with Crippen LogP contribution in [0.25, 0.3) is 0 Å². The van der Waals surface area contributed by atoms with Crippen molar-refractivity contribution >= 4 is 0 Å². The Balaban J connectivity index is 1.71. The molecule has 4 fully saturated rings. The average Bonchev–Trinajstić information content (AvgIpc) is 2.82. The highest BCUT2D eigenvalue weighted by Gasteiger charge is 2.67. The first kappa shape index (κ1) is 25.7. The number of rotatable bonds is 7. The van der Waals surface area contributed by atoms with Crippen LogP contribution in [0.15, 0.2) is 24.3 Å². The number of aryl methyl sites for hydroxylation is 4. The number of nitrogens with zero attached hydrogens (tertiary/aromatic N) is 2. The lowest BCUT2D eigenvalue weighted by atomic mass is 9.33. The van der Waals surface area contributed by atoms with Gasteiger partial charge in [-0.3, -0.25) is 0 Å². The first-order chi connectivity index (χ1) is 17.6. The molecule has 0 radical (unpaired) electrons. The summed E-state index contributed by atoms with van der Waals surface area (Å²) in [6.45, 7) is 13.1. The second-order valence-electron chi connectivity index (χ2n) is 13.0. The van der Waals surface area contributed by atoms with Gasteiger partial charge in [0, 0.05) is 0 Å². The van der Waals surface area contributed by atoms with Crippen LogP contribution >= 0.6 is 0 Å². The lowest BCUT2D eigenvalue weighted by Gasteiger charge is -2.71. The van der Waals surface area contributed by atoms with E-state index >= 15 is 0 Å². The molecule has 0 aromatic heterocycles. The van der Waals surface area contributed by atoms with Gasteiger partial charge in [0.25, 0.3) is 12.5 Å². The molecule has 0 saturated heterocycles. The van der Waals surface area contributed by atoms with Gasteiger partial charge in [-0.1, -0.05) is 51.0 Å². The third-order valence-corrected chi connectivity index (χ3v) is 10.3. The summed E-state index contributed by atoms with van der Waals surface area (Å²) >= 11 is 0. The third-order valence-electron chi connectivity index (χ3n) is 10.3. The number of ether oxygens (including phenoxy) is 2. The Morgan fingerprint density at radius 1 is 0.649 bits per heavy atom. The van der Waals surface area contributed by atoms with Crippen molar-refractivity contribution in [2.75, 3.05) is 0 Å². The van der Waals surface area contributed by atoms with Crippen molar-refractivity contribution in [3.63, 3.8) is 0 Å². The van der Waals surface area contributed by atoms with Gasteiger partial charge in [0.05, 0.1) is 0 Å². The summed E-state index contributed by atoms with van der Waals surface area (Å²) in [4.78, 5) is 0. The van der Waals surface area contributed by atoms with E-state index in [9.17, 15) is 10.5 Å². The lowest BCUT2D eigenvalue weighted by molar-refractivity contribution is -0.146. The molecule has 0 spiro atoms. The molecule has 4 saturated carbocycles. The minimum Gasteiger partial charge on any atom is -0.387 e. The zero-order valence-electron chi connectivity index (χ0n) is 23.4. The summed E-state index contributed by atoms with van der Waals surface area (Å²) in [5.41, 5.74) is 8.00. The van der Waals surface area contributed by atoms with E-state index in [1.165, 1.54) is 62.5 Å². The second kappa shape index (κ2) is 8.80. The standard InChI is InChI=1S/C33H40N2O2/c1-7-9-31-14-30(8-2)15-32(17-31,26-10-22(3)28(36-20-34)23(4)11-26)19-33(16-30,18-31)27-12-24(5)29(37-21-35)25(6)13-27/h10-13H,7-9,14-19H2,1-6H3. The molecule has 194 valence electrons. The minimum atomic E-state index is 0.115. The maximum absolute atomic E-state index is 9.19. The quantitative estimate of drug-likeness (QED) is 0.361. The predicted molar refractivity (Wildman–Crippen MR) is 145 cm³/mol. The van der Waals surface area contributed by atoms with Crippen LogP contribution in [0.2, 0.25) is 0 Å². The lowest BCUT2D eigenvalue weighted by Crippen LogP contribution is -2.64. The molecule has 2 atom stereocenters. The normalized spacial score (nSPS) is 31.6. The van der Waals surface area contributed by atoms with Crippen molar-refractivity contribution in [3.8, 4) is 24.0 Å². The van der Waals surface area contributed by atoms with Crippen LogP contribution < -0.4 is 9.47 Å². The second-order valence-corrected chi connectivity index (χ2v) is 13.0. The van der Waals surface area contributed by atoms with Crippen LogP contribution in [-0.2, 0) is 10.8 Å². The van der Waals surface area contributed by atoms with Gasteiger partial charge in [-0.05, 0) is 128 Å². The van der Waals surface area contributed by atoms with E-state index < -0.39 is 0 Å². The Bertz CT molecular complexity index is 1190. The maximum atomic E-state index is 9.19. The number of benzene rings is 2. The Morgan fingerprint density at radius 2 is 1.05 bits per heavy atom. The first-order valence-corrected chi connectivity index (χ1v) is 13.9. The summed E-state index contributed by atoms with van der Waals surface area (Å²) < 4.78 is 10.7. The molecule has 6 rings (SSSR count). The molecule has 0 heterocycles. The van der Waals surface area contributed by atoms with Crippen LogP contribution in [0, 0.1) is 61.6 Å². The van der Waals surface area contributed by atoms with E-state index in [4.69, 9.17) is 9.47 Å². The Morgan fingerprint density at radius 3 is 1.41 bits per heavy atom. The largest absolute Gasteiger partial charge is 0.387 e. The molecule has 0 aliphatic heterocycles. The predicted octanol–water partition coefficient (Wildman–Crippen LogP) is 8.38. The fourth-order valence-corrected chi connectivity index (χ4v) is 9.77. The minimum absolute atomic E-state index is 0.115. The van der Waals surface area contributed by atoms with Gasteiger partial charge in [-0.25, -0.2) is 0 Å². The van der Waals surface area contributed by atoms with Crippen LogP contribution in [-0.4, -0.2) is 0 Å². The molecule has 4 nitrogen and oxygen atoms in total. The molecule has 2 unspecified atom stereocenters. The molecule has 4 aliphatic carbocycles. The van der Waals surface area contributed by atoms with E-state index in [1.807, 2.05) is 12.5 Å². The molecule has 0 N–H and O–H groups in total. The van der Waals surface area contributed by atoms with Gasteiger partial charge in [0.15, 0.2) is 0 Å². The summed E-state index contributed by atoms with van der Waals surface area (Å²) in [7, 11) is 0. The Hall–Kier alpha value is -2.98. The highest BCUT2D eigenvalue weighted by atomic mass is 16.5. The zero-order chi connectivity index (χ0) is 26.6. The Labute approximate surface area is 222 Å². The fourth-order valence-electron chi connectivity index (χ4n) is 9.77. The maximum Gasteiger partial charge on any atom is 0.292 e. The summed E-state index contributed by atoms with van der Waals surface area (Å²) in [5, 5.41) is 18.4. The van der Waals surface area contributed by atoms with Crippen molar-refractivity contribution in [1.82, 2.24) is 0 Å². The Kier molecular flexibility index (Phi) is 6.10.